The van der Waals surface area contributed by atoms with Gasteiger partial charge in [-0.3, -0.25) is 4.79 Å². The van der Waals surface area contributed by atoms with Crippen LogP contribution >= 0.6 is 0 Å². The predicted octanol–water partition coefficient (Wildman–Crippen LogP) is 1.64. The molecule has 1 aromatic rings. The van der Waals surface area contributed by atoms with Crippen molar-refractivity contribution in [2.24, 2.45) is 5.73 Å². The fourth-order valence-corrected chi connectivity index (χ4v) is 2.76. The summed E-state index contributed by atoms with van der Waals surface area (Å²) in [5, 5.41) is 0. The number of hydrogen-bond donors (Lipinski definition) is 1. The van der Waals surface area contributed by atoms with E-state index in [1.807, 2.05) is 15.7 Å². The fourth-order valence-electron chi connectivity index (χ4n) is 2.76. The van der Waals surface area contributed by atoms with Gasteiger partial charge in [-0.15, -0.1) is 0 Å². The Hall–Kier alpha value is -1.36. The van der Waals surface area contributed by atoms with E-state index in [0.29, 0.717) is 24.8 Å². The van der Waals surface area contributed by atoms with Crippen LogP contribution in [0, 0.1) is 0 Å². The summed E-state index contributed by atoms with van der Waals surface area (Å²) in [6.45, 7) is 4.28. The molecule has 1 atom stereocenters. The van der Waals surface area contributed by atoms with Crippen LogP contribution in [0.3, 0.4) is 0 Å². The van der Waals surface area contributed by atoms with Gasteiger partial charge in [-0.1, -0.05) is 19.8 Å². The van der Waals surface area contributed by atoms with Gasteiger partial charge in [0.05, 0.1) is 6.33 Å². The lowest BCUT2D eigenvalue weighted by atomic mass is 10.1. The summed E-state index contributed by atoms with van der Waals surface area (Å²) in [4.78, 5) is 18.8. The van der Waals surface area contributed by atoms with Crippen LogP contribution in [-0.4, -0.2) is 39.5 Å². The molecule has 0 aliphatic carbocycles. The van der Waals surface area contributed by atoms with Crippen LogP contribution in [-0.2, 0) is 6.54 Å². The summed E-state index contributed by atoms with van der Waals surface area (Å²) < 4.78 is 1.88. The molecule has 1 saturated heterocycles. The van der Waals surface area contributed by atoms with Crippen LogP contribution in [0.2, 0.25) is 0 Å². The highest BCUT2D eigenvalue weighted by Crippen LogP contribution is 2.20. The van der Waals surface area contributed by atoms with Crippen molar-refractivity contribution in [3.63, 3.8) is 0 Å². The van der Waals surface area contributed by atoms with Gasteiger partial charge in [-0.05, 0) is 19.3 Å². The number of likely N-dealkylation sites (tertiary alicyclic amines) is 1. The molecule has 2 rings (SSSR count). The number of carbonyl (C=O) groups is 1. The zero-order valence-electron chi connectivity index (χ0n) is 11.7. The Morgan fingerprint density at radius 1 is 1.47 bits per heavy atom. The monoisotopic (exact) mass is 264 g/mol. The minimum atomic E-state index is 0.0736. The minimum absolute atomic E-state index is 0.0736. The molecule has 5 heteroatoms. The zero-order chi connectivity index (χ0) is 13.7. The highest BCUT2D eigenvalue weighted by atomic mass is 16.2. The normalized spacial score (nSPS) is 20.3. The summed E-state index contributed by atoms with van der Waals surface area (Å²) in [6, 6.07) is 0.370. The summed E-state index contributed by atoms with van der Waals surface area (Å²) in [5.74, 6) is 0.0736. The number of nitrogens with two attached hydrogens (primary N) is 1. The second kappa shape index (κ2) is 6.70. The van der Waals surface area contributed by atoms with Crippen LogP contribution in [0.25, 0.3) is 0 Å². The number of nitrogens with zero attached hydrogens (tertiary/aromatic N) is 3. The molecule has 2 heterocycles. The molecule has 2 N–H and O–H groups in total. The van der Waals surface area contributed by atoms with E-state index in [1.54, 1.807) is 6.33 Å². The van der Waals surface area contributed by atoms with Gasteiger partial charge >= 0.3 is 0 Å². The molecule has 0 bridgehead atoms. The van der Waals surface area contributed by atoms with E-state index in [9.17, 15) is 4.79 Å². The number of aromatic nitrogens is 2. The summed E-state index contributed by atoms with van der Waals surface area (Å²) in [5.41, 5.74) is 6.06. The zero-order valence-corrected chi connectivity index (χ0v) is 11.7. The van der Waals surface area contributed by atoms with E-state index in [-0.39, 0.29) is 5.91 Å². The fraction of sp³-hybridized carbons (Fsp3) is 0.714. The molecule has 0 radical (unpaired) electrons. The lowest BCUT2D eigenvalue weighted by Crippen LogP contribution is -2.39. The van der Waals surface area contributed by atoms with Crippen LogP contribution in [0.1, 0.15) is 49.5 Å². The number of hydrogen-bond acceptors (Lipinski definition) is 3. The van der Waals surface area contributed by atoms with E-state index in [4.69, 9.17) is 5.73 Å². The van der Waals surface area contributed by atoms with Crippen molar-refractivity contribution >= 4 is 5.91 Å². The molecular formula is C14H24N4O. The summed E-state index contributed by atoms with van der Waals surface area (Å²) in [7, 11) is 0. The first kappa shape index (κ1) is 14.1. The molecule has 0 aromatic carbocycles. The van der Waals surface area contributed by atoms with Crippen LogP contribution in [0.5, 0.6) is 0 Å². The van der Waals surface area contributed by atoms with Gasteiger partial charge in [0, 0.05) is 31.9 Å². The van der Waals surface area contributed by atoms with Crippen molar-refractivity contribution in [3.05, 3.63) is 18.2 Å². The van der Waals surface area contributed by atoms with Crippen molar-refractivity contribution in [1.82, 2.24) is 14.5 Å². The van der Waals surface area contributed by atoms with Crippen molar-refractivity contribution in [2.75, 3.05) is 13.1 Å². The molecule has 106 valence electrons. The van der Waals surface area contributed by atoms with Crippen molar-refractivity contribution in [1.29, 1.82) is 0 Å². The van der Waals surface area contributed by atoms with Crippen molar-refractivity contribution in [3.8, 4) is 0 Å². The molecular weight excluding hydrogens is 240 g/mol. The molecule has 5 nitrogen and oxygen atoms in total. The molecule has 0 saturated carbocycles. The van der Waals surface area contributed by atoms with E-state index in [1.165, 1.54) is 12.8 Å². The Bertz CT molecular complexity index is 415. The van der Waals surface area contributed by atoms with Gasteiger partial charge in [0.15, 0.2) is 0 Å². The highest BCUT2D eigenvalue weighted by Gasteiger charge is 2.26. The average Bonchev–Trinajstić information content (AvgIpc) is 2.75. The highest BCUT2D eigenvalue weighted by molar-refractivity contribution is 5.92. The summed E-state index contributed by atoms with van der Waals surface area (Å²) >= 11 is 0. The molecule has 0 spiro atoms. The summed E-state index contributed by atoms with van der Waals surface area (Å²) in [6.07, 6.45) is 9.20. The van der Waals surface area contributed by atoms with E-state index < -0.39 is 0 Å². The van der Waals surface area contributed by atoms with Crippen molar-refractivity contribution < 1.29 is 4.79 Å². The smallest absolute Gasteiger partial charge is 0.274 e. The molecule has 1 amide bonds. The number of amides is 1. The van der Waals surface area contributed by atoms with Gasteiger partial charge in [0.2, 0.25) is 0 Å². The second-order valence-electron chi connectivity index (χ2n) is 5.20. The molecule has 19 heavy (non-hydrogen) atoms. The Balaban J connectivity index is 2.10. The van der Waals surface area contributed by atoms with Crippen LogP contribution in [0.15, 0.2) is 12.5 Å². The maximum absolute atomic E-state index is 12.6. The van der Waals surface area contributed by atoms with Gasteiger partial charge in [0.25, 0.3) is 5.91 Å². The maximum Gasteiger partial charge on any atom is 0.274 e. The topological polar surface area (TPSA) is 64.2 Å². The third kappa shape index (κ3) is 3.35. The second-order valence-corrected chi connectivity index (χ2v) is 5.20. The van der Waals surface area contributed by atoms with Crippen molar-refractivity contribution in [2.45, 2.75) is 51.6 Å². The molecule has 1 fully saturated rings. The van der Waals surface area contributed by atoms with Crippen LogP contribution < -0.4 is 5.73 Å². The van der Waals surface area contributed by atoms with Gasteiger partial charge in [-0.2, -0.15) is 0 Å². The average molecular weight is 264 g/mol. The first-order valence-electron chi connectivity index (χ1n) is 7.29. The Kier molecular flexibility index (Phi) is 4.96. The Labute approximate surface area is 114 Å². The Morgan fingerprint density at radius 2 is 2.32 bits per heavy atom. The SMILES string of the molecule is CCC1CCCCCN1C(=O)c1cn(CCN)cn1. The molecule has 1 unspecified atom stereocenters. The first-order chi connectivity index (χ1) is 9.26. The van der Waals surface area contributed by atoms with Crippen LogP contribution in [0.4, 0.5) is 0 Å². The third-order valence-electron chi connectivity index (χ3n) is 3.85. The minimum Gasteiger partial charge on any atom is -0.335 e. The third-order valence-corrected chi connectivity index (χ3v) is 3.85. The number of carbonyl (C=O) groups excluding carboxylic acids is 1. The standard InChI is InChI=1S/C14H24N4O/c1-2-12-6-4-3-5-8-18(12)14(19)13-10-17(9-7-15)11-16-13/h10-12H,2-9,15H2,1H3. The van der Waals surface area contributed by atoms with E-state index >= 15 is 0 Å². The quantitative estimate of drug-likeness (QED) is 0.899. The number of rotatable bonds is 4. The maximum atomic E-state index is 12.6. The van der Waals surface area contributed by atoms with Gasteiger partial charge in [-0.25, -0.2) is 4.98 Å². The molecule has 1 aliphatic rings. The van der Waals surface area contributed by atoms with E-state index in [2.05, 4.69) is 11.9 Å². The predicted molar refractivity (Wildman–Crippen MR) is 74.9 cm³/mol. The Morgan fingerprint density at radius 3 is 3.05 bits per heavy atom. The largest absolute Gasteiger partial charge is 0.335 e. The lowest BCUT2D eigenvalue weighted by Gasteiger charge is -2.28. The van der Waals surface area contributed by atoms with E-state index in [0.717, 1.165) is 25.8 Å². The first-order valence-corrected chi connectivity index (χ1v) is 7.29. The lowest BCUT2D eigenvalue weighted by molar-refractivity contribution is 0.0672. The number of imidazole rings is 1. The molecule has 1 aliphatic heterocycles. The molecule has 1 aromatic heterocycles. The van der Waals surface area contributed by atoms with Gasteiger partial charge < -0.3 is 15.2 Å². The van der Waals surface area contributed by atoms with Gasteiger partial charge in [0.1, 0.15) is 5.69 Å².